The Morgan fingerprint density at radius 1 is 0.514 bits per heavy atom. The van der Waals surface area contributed by atoms with E-state index >= 15 is 0 Å². The Labute approximate surface area is 432 Å². The van der Waals surface area contributed by atoms with Crippen LogP contribution < -0.4 is 0 Å². The molecule has 0 aromatic heterocycles. The molecule has 5 saturated carbocycles. The van der Waals surface area contributed by atoms with Crippen LogP contribution in [0, 0.1) is 50.2 Å². The predicted molar refractivity (Wildman–Crippen MR) is 252 cm³/mol. The lowest BCUT2D eigenvalue weighted by atomic mass is 9.30. The minimum Gasteiger partial charge on any atom is -0.396 e. The van der Waals surface area contributed by atoms with E-state index in [4.69, 9.17) is 42.6 Å². The lowest BCUT2D eigenvalue weighted by molar-refractivity contribution is -0.393. The van der Waals surface area contributed by atoms with Crippen LogP contribution in [0.1, 0.15) is 106 Å². The van der Waals surface area contributed by atoms with E-state index in [0.29, 0.717) is 25.9 Å². The normalized spacial score (nSPS) is 58.2. The van der Waals surface area contributed by atoms with Gasteiger partial charge in [-0.05, 0) is 98.2 Å². The molecule has 10 rings (SSSR count). The fraction of sp³-hybridized carbons (Fsp3) is 1.00. The van der Waals surface area contributed by atoms with Crippen molar-refractivity contribution in [1.29, 1.82) is 0 Å². The molecule has 5 aliphatic carbocycles. The van der Waals surface area contributed by atoms with Crippen molar-refractivity contribution in [2.75, 3.05) is 39.6 Å². The Balaban J connectivity index is 0.912. The first kappa shape index (κ1) is 56.4. The molecule has 10 aliphatic rings. The van der Waals surface area contributed by atoms with Gasteiger partial charge in [0.25, 0.3) is 0 Å². The van der Waals surface area contributed by atoms with Gasteiger partial charge in [-0.2, -0.15) is 0 Å². The largest absolute Gasteiger partial charge is 0.396 e. The molecule has 13 N–H and O–H groups in total. The van der Waals surface area contributed by atoms with Crippen molar-refractivity contribution in [2.45, 2.75) is 234 Å². The summed E-state index contributed by atoms with van der Waals surface area (Å²) in [5, 5.41) is 142. The molecule has 2 bridgehead atoms. The van der Waals surface area contributed by atoms with Crippen LogP contribution in [0.15, 0.2) is 0 Å². The van der Waals surface area contributed by atoms with Crippen LogP contribution in [0.4, 0.5) is 0 Å². The number of rotatable bonds is 11. The van der Waals surface area contributed by atoms with Gasteiger partial charge in [0.15, 0.2) is 25.2 Å². The summed E-state index contributed by atoms with van der Waals surface area (Å²) in [4.78, 5) is 0. The second-order valence-corrected chi connectivity index (χ2v) is 26.0. The van der Waals surface area contributed by atoms with Crippen molar-refractivity contribution in [3.63, 3.8) is 0 Å². The highest BCUT2D eigenvalue weighted by Gasteiger charge is 2.80. The minimum atomic E-state index is -1.91. The quantitative estimate of drug-likeness (QED) is 0.0986. The average molecular weight is 1060 g/mol. The van der Waals surface area contributed by atoms with Crippen molar-refractivity contribution in [3.05, 3.63) is 0 Å². The van der Waals surface area contributed by atoms with Gasteiger partial charge in [0, 0.05) is 16.2 Å². The van der Waals surface area contributed by atoms with Crippen molar-refractivity contribution in [3.8, 4) is 0 Å². The molecule has 5 heterocycles. The van der Waals surface area contributed by atoms with Gasteiger partial charge in [0.1, 0.15) is 85.5 Å². The maximum absolute atomic E-state index is 12.4. The van der Waals surface area contributed by atoms with Gasteiger partial charge >= 0.3 is 0 Å². The Morgan fingerprint density at radius 2 is 1.14 bits per heavy atom. The highest BCUT2D eigenvalue weighted by molar-refractivity contribution is 5.28. The van der Waals surface area contributed by atoms with Crippen molar-refractivity contribution < 1.29 is 109 Å². The maximum Gasteiger partial charge on any atom is 0.187 e. The van der Waals surface area contributed by atoms with Crippen LogP contribution >= 0.6 is 0 Å². The lowest BCUT2D eigenvalue weighted by Crippen LogP contribution is -2.74. The lowest BCUT2D eigenvalue weighted by Gasteiger charge is -2.75. The topological polar surface area (TPSA) is 346 Å². The number of aliphatic hydroxyl groups excluding tert-OH is 13. The molecule has 10 fully saturated rings. The zero-order valence-electron chi connectivity index (χ0n) is 43.6. The average Bonchev–Trinajstić information content (AvgIpc) is 3.64. The summed E-state index contributed by atoms with van der Waals surface area (Å²) in [5.41, 5.74) is -2.12. The SMILES string of the molecule is CC1(C)CC[C@]23CO[C@@]4(CC[C@@H]5[C@@]6(C)CC[C@H](O[C@@H]7OC[C@@H](O[C@@H]8O[C@H](CO)[C@@H](O)[C@H](O)[C@H]8O[C@@H]8OC[C@H](O)[C@H](O)[C@H]8O)[C@H](O)[C@H]7O[C@@H]7O[C@H](CO)[C@@H](O)[C@H](O)[C@H]7O)[C@@](C)(CO)[C@@H]6CC[C@@]5(C)[C@]4(C)C[C@H]2O)[C@@H]3C1. The third-order valence-corrected chi connectivity index (χ3v) is 22.0. The van der Waals surface area contributed by atoms with E-state index in [1.807, 2.05) is 6.92 Å². The van der Waals surface area contributed by atoms with Crippen LogP contribution in [-0.2, 0) is 42.6 Å². The van der Waals surface area contributed by atoms with E-state index in [9.17, 15) is 66.4 Å². The molecule has 22 nitrogen and oxygen atoms in total. The minimum absolute atomic E-state index is 0.0627. The summed E-state index contributed by atoms with van der Waals surface area (Å²) in [7, 11) is 0. The second kappa shape index (κ2) is 20.0. The summed E-state index contributed by atoms with van der Waals surface area (Å²) in [6, 6.07) is 0. The first-order valence-electron chi connectivity index (χ1n) is 27.2. The van der Waals surface area contributed by atoms with Crippen LogP contribution in [-0.4, -0.2) is 234 Å². The smallest absolute Gasteiger partial charge is 0.187 e. The Kier molecular flexibility index (Phi) is 15.2. The molecule has 74 heavy (non-hydrogen) atoms. The van der Waals surface area contributed by atoms with Crippen molar-refractivity contribution in [1.82, 2.24) is 0 Å². The summed E-state index contributed by atoms with van der Waals surface area (Å²) in [6.07, 6.45) is -23.2. The predicted octanol–water partition coefficient (Wildman–Crippen LogP) is -2.10. The zero-order chi connectivity index (χ0) is 53.5. The number of hydrogen-bond donors (Lipinski definition) is 13. The van der Waals surface area contributed by atoms with E-state index in [1.165, 1.54) is 0 Å². The number of fused-ring (bicyclic) bond motifs is 4. The molecule has 0 unspecified atom stereocenters. The molecular formula is C52H86O22. The zero-order valence-corrected chi connectivity index (χ0v) is 43.6. The molecule has 5 saturated heterocycles. The van der Waals surface area contributed by atoms with Gasteiger partial charge in [-0.25, -0.2) is 0 Å². The fourth-order valence-electron chi connectivity index (χ4n) is 17.4. The van der Waals surface area contributed by atoms with Crippen LogP contribution in [0.5, 0.6) is 0 Å². The molecule has 5 aliphatic heterocycles. The summed E-state index contributed by atoms with van der Waals surface area (Å²) >= 11 is 0. The van der Waals surface area contributed by atoms with Gasteiger partial charge in [-0.1, -0.05) is 41.5 Å². The highest BCUT2D eigenvalue weighted by atomic mass is 16.8. The van der Waals surface area contributed by atoms with E-state index in [1.54, 1.807) is 0 Å². The Morgan fingerprint density at radius 3 is 1.82 bits per heavy atom. The Bertz CT molecular complexity index is 1990. The molecule has 426 valence electrons. The third-order valence-electron chi connectivity index (χ3n) is 22.0. The van der Waals surface area contributed by atoms with Crippen molar-refractivity contribution >= 4 is 0 Å². The molecule has 29 atom stereocenters. The second-order valence-electron chi connectivity index (χ2n) is 26.0. The maximum atomic E-state index is 12.4. The van der Waals surface area contributed by atoms with Gasteiger partial charge < -0.3 is 109 Å². The van der Waals surface area contributed by atoms with Crippen LogP contribution in [0.25, 0.3) is 0 Å². The first-order valence-corrected chi connectivity index (χ1v) is 27.2. The van der Waals surface area contributed by atoms with Crippen LogP contribution in [0.3, 0.4) is 0 Å². The van der Waals surface area contributed by atoms with Gasteiger partial charge in [0.2, 0.25) is 0 Å². The van der Waals surface area contributed by atoms with E-state index in [2.05, 4.69) is 34.6 Å². The molecular weight excluding hydrogens is 977 g/mol. The molecule has 0 aromatic rings. The summed E-state index contributed by atoms with van der Waals surface area (Å²) < 4.78 is 55.8. The standard InChI is InChI=1S/C52H86O22/c1-46(2)13-14-51-22-68-52(29(51)15-46)12-8-28-47(3)10-9-31(48(4,21-55)27(47)7-11-49(28,5)50(52,6)16-30(51)57)72-44-40(74-43-39(65)36(62)33(59)24(17-53)69-43)35(61)26(20-67-44)71-45-41(37(63)34(60)25(18-54)70-45)73-42-38(64)32(58)23(56)19-66-42/h23-45,53-65H,7-22H2,1-6H3/t23-,24+,25+,26+,27+,28+,29+,30+,31-,32-,33+,34+,35-,36-,37-,38+,39+,40+,41+,42-,43-,44-,45-,47-,48-,49+,50-,51+,52-/m0/s1. The van der Waals surface area contributed by atoms with Crippen molar-refractivity contribution in [2.24, 2.45) is 50.2 Å². The molecule has 1 spiro atoms. The first-order chi connectivity index (χ1) is 34.8. The summed E-state index contributed by atoms with van der Waals surface area (Å²) in [5.74, 6) is 0.413. The Hall–Kier alpha value is -0.880. The number of ether oxygens (including phenoxy) is 9. The highest BCUT2D eigenvalue weighted by Crippen LogP contribution is 2.80. The number of hydrogen-bond acceptors (Lipinski definition) is 22. The van der Waals surface area contributed by atoms with Crippen LogP contribution in [0.2, 0.25) is 0 Å². The number of aliphatic hydroxyl groups is 13. The fourth-order valence-corrected chi connectivity index (χ4v) is 17.4. The molecule has 22 heteroatoms. The third kappa shape index (κ3) is 8.39. The molecule has 0 amide bonds. The van der Waals surface area contributed by atoms with Gasteiger partial charge in [-0.15, -0.1) is 0 Å². The van der Waals surface area contributed by atoms with Gasteiger partial charge in [0.05, 0.1) is 57.5 Å². The van der Waals surface area contributed by atoms with Gasteiger partial charge in [-0.3, -0.25) is 0 Å². The van der Waals surface area contributed by atoms with E-state index in [-0.39, 0.29) is 57.0 Å². The molecule has 0 aromatic carbocycles. The van der Waals surface area contributed by atoms with E-state index < -0.39 is 155 Å². The molecule has 0 radical (unpaired) electrons. The summed E-state index contributed by atoms with van der Waals surface area (Å²) in [6.45, 7) is 11.7. The monoisotopic (exact) mass is 1060 g/mol. The van der Waals surface area contributed by atoms with E-state index in [0.717, 1.165) is 44.9 Å².